The average molecular weight is 695 g/mol. The molecule has 1 atom stereocenters. The lowest BCUT2D eigenvalue weighted by molar-refractivity contribution is -0.161. The van der Waals surface area contributed by atoms with Crippen molar-refractivity contribution in [3.8, 4) is 0 Å². The van der Waals surface area contributed by atoms with Gasteiger partial charge in [0, 0.05) is 12.8 Å². The summed E-state index contributed by atoms with van der Waals surface area (Å²) in [6, 6.07) is 0. The van der Waals surface area contributed by atoms with Gasteiger partial charge in [0.05, 0.1) is 6.61 Å². The maximum Gasteiger partial charge on any atom is 0.469 e. The summed E-state index contributed by atoms with van der Waals surface area (Å²) in [5, 5.41) is 0. The maximum atomic E-state index is 12.3. The Hall–Kier alpha value is -2.25. The molecule has 0 aliphatic heterocycles. The fraction of sp³-hybridized carbons (Fsp3) is 0.692. The summed E-state index contributed by atoms with van der Waals surface area (Å²) >= 11 is 0. The molecule has 0 aromatic heterocycles. The molecule has 0 aromatic rings. The van der Waals surface area contributed by atoms with Gasteiger partial charge in [0.1, 0.15) is 6.61 Å². The molecule has 9 heteroatoms. The van der Waals surface area contributed by atoms with E-state index in [-0.39, 0.29) is 19.4 Å². The Morgan fingerprint density at radius 2 is 1.04 bits per heavy atom. The van der Waals surface area contributed by atoms with Gasteiger partial charge in [-0.1, -0.05) is 139 Å². The molecule has 0 fully saturated rings. The molecule has 2 N–H and O–H groups in total. The summed E-state index contributed by atoms with van der Waals surface area (Å²) in [6.45, 7) is 3.48. The lowest BCUT2D eigenvalue weighted by Gasteiger charge is -2.18. The van der Waals surface area contributed by atoms with Crippen molar-refractivity contribution in [3.63, 3.8) is 0 Å². The molecular formula is C39H67O8P. The third-order valence-corrected chi connectivity index (χ3v) is 8.02. The topological polar surface area (TPSA) is 119 Å². The lowest BCUT2D eigenvalue weighted by atomic mass is 10.1. The predicted molar refractivity (Wildman–Crippen MR) is 197 cm³/mol. The van der Waals surface area contributed by atoms with Gasteiger partial charge in [-0.25, -0.2) is 4.57 Å². The van der Waals surface area contributed by atoms with Gasteiger partial charge in [0.15, 0.2) is 6.10 Å². The van der Waals surface area contributed by atoms with Gasteiger partial charge in [-0.05, 0) is 64.2 Å². The summed E-state index contributed by atoms with van der Waals surface area (Å²) in [5.74, 6) is -0.995. The molecule has 0 bridgehead atoms. The van der Waals surface area contributed by atoms with Gasteiger partial charge < -0.3 is 19.3 Å². The van der Waals surface area contributed by atoms with Crippen LogP contribution in [0.25, 0.3) is 0 Å². The highest BCUT2D eigenvalue weighted by molar-refractivity contribution is 7.46. The first-order valence-corrected chi connectivity index (χ1v) is 20.1. The van der Waals surface area contributed by atoms with E-state index in [2.05, 4.69) is 73.1 Å². The second-order valence-electron chi connectivity index (χ2n) is 12.2. The number of phosphoric ester groups is 1. The number of esters is 2. The molecule has 8 nitrogen and oxygen atoms in total. The van der Waals surface area contributed by atoms with E-state index in [0.29, 0.717) is 12.8 Å². The minimum absolute atomic E-state index is 0.151. The van der Waals surface area contributed by atoms with Gasteiger partial charge in [-0.15, -0.1) is 0 Å². The van der Waals surface area contributed by atoms with Crippen molar-refractivity contribution in [1.82, 2.24) is 0 Å². The SMILES string of the molecule is CC/C=C/C/C=C/C/C=C/C/C=C/CCCCC(=O)O[C@H](COC(=O)CC/C=C/CCCCCCCCCCCCC)COP(=O)(O)O. The summed E-state index contributed by atoms with van der Waals surface area (Å²) in [5.41, 5.74) is 0. The lowest BCUT2D eigenvalue weighted by Crippen LogP contribution is -2.29. The molecule has 48 heavy (non-hydrogen) atoms. The first kappa shape index (κ1) is 45.8. The van der Waals surface area contributed by atoms with Gasteiger partial charge in [0.25, 0.3) is 0 Å². The van der Waals surface area contributed by atoms with Crippen LogP contribution in [-0.2, 0) is 28.2 Å². The van der Waals surface area contributed by atoms with Crippen molar-refractivity contribution in [2.75, 3.05) is 13.2 Å². The first-order valence-electron chi connectivity index (χ1n) is 18.6. The normalized spacial score (nSPS) is 13.2. The summed E-state index contributed by atoms with van der Waals surface area (Å²) in [7, 11) is -4.77. The quantitative estimate of drug-likeness (QED) is 0.0301. The largest absolute Gasteiger partial charge is 0.469 e. The minimum atomic E-state index is -4.77. The average Bonchev–Trinajstić information content (AvgIpc) is 3.05. The van der Waals surface area contributed by atoms with Crippen LogP contribution in [0.2, 0.25) is 0 Å². The second kappa shape index (κ2) is 34.6. The zero-order chi connectivity index (χ0) is 35.4. The Morgan fingerprint density at radius 3 is 1.60 bits per heavy atom. The zero-order valence-electron chi connectivity index (χ0n) is 30.1. The molecule has 276 valence electrons. The highest BCUT2D eigenvalue weighted by atomic mass is 31.2. The van der Waals surface area contributed by atoms with E-state index in [9.17, 15) is 14.2 Å². The number of hydrogen-bond donors (Lipinski definition) is 2. The number of carbonyl (C=O) groups excluding carboxylic acids is 2. The number of ether oxygens (including phenoxy) is 2. The summed E-state index contributed by atoms with van der Waals surface area (Å²) in [6.07, 6.45) is 42.4. The number of phosphoric acid groups is 1. The van der Waals surface area contributed by atoms with E-state index in [4.69, 9.17) is 19.3 Å². The number of allylic oxidation sites excluding steroid dienone is 10. The fourth-order valence-corrected chi connectivity index (χ4v) is 5.15. The molecule has 0 heterocycles. The van der Waals surface area contributed by atoms with E-state index in [0.717, 1.165) is 51.4 Å². The fourth-order valence-electron chi connectivity index (χ4n) is 4.79. The Kier molecular flexibility index (Phi) is 33.0. The molecule has 0 aromatic carbocycles. The van der Waals surface area contributed by atoms with Crippen LogP contribution in [0.5, 0.6) is 0 Å². The Balaban J connectivity index is 4.10. The van der Waals surface area contributed by atoms with Crippen LogP contribution < -0.4 is 0 Å². The molecule has 0 amide bonds. The number of carbonyl (C=O) groups is 2. The van der Waals surface area contributed by atoms with E-state index in [1.165, 1.54) is 64.2 Å². The zero-order valence-corrected chi connectivity index (χ0v) is 31.0. The van der Waals surface area contributed by atoms with Crippen LogP contribution >= 0.6 is 7.82 Å². The predicted octanol–water partition coefficient (Wildman–Crippen LogP) is 11.0. The molecule has 0 radical (unpaired) electrons. The highest BCUT2D eigenvalue weighted by Crippen LogP contribution is 2.35. The van der Waals surface area contributed by atoms with Crippen molar-refractivity contribution in [1.29, 1.82) is 0 Å². The summed E-state index contributed by atoms with van der Waals surface area (Å²) < 4.78 is 26.2. The van der Waals surface area contributed by atoms with Crippen LogP contribution in [0.4, 0.5) is 0 Å². The van der Waals surface area contributed by atoms with Gasteiger partial charge in [-0.2, -0.15) is 0 Å². The number of hydrogen-bond acceptors (Lipinski definition) is 6. The molecule has 0 unspecified atom stereocenters. The third-order valence-electron chi connectivity index (χ3n) is 7.53. The van der Waals surface area contributed by atoms with E-state index in [1.54, 1.807) is 0 Å². The van der Waals surface area contributed by atoms with Gasteiger partial charge in [-0.3, -0.25) is 14.1 Å². The number of rotatable bonds is 33. The maximum absolute atomic E-state index is 12.3. The minimum Gasteiger partial charge on any atom is -0.462 e. The highest BCUT2D eigenvalue weighted by Gasteiger charge is 2.22. The van der Waals surface area contributed by atoms with Gasteiger partial charge in [0.2, 0.25) is 0 Å². The Morgan fingerprint density at radius 1 is 0.562 bits per heavy atom. The van der Waals surface area contributed by atoms with Crippen molar-refractivity contribution < 1.29 is 37.9 Å². The molecular weight excluding hydrogens is 627 g/mol. The molecule has 0 saturated heterocycles. The molecule has 0 saturated carbocycles. The molecule has 0 aliphatic carbocycles. The van der Waals surface area contributed by atoms with Crippen molar-refractivity contribution in [2.24, 2.45) is 0 Å². The van der Waals surface area contributed by atoms with Crippen LogP contribution in [0.3, 0.4) is 0 Å². The van der Waals surface area contributed by atoms with Crippen molar-refractivity contribution >= 4 is 19.8 Å². The van der Waals surface area contributed by atoms with E-state index < -0.39 is 32.5 Å². The Bertz CT molecular complexity index is 963. The van der Waals surface area contributed by atoms with Crippen molar-refractivity contribution in [2.45, 2.75) is 161 Å². The van der Waals surface area contributed by atoms with Crippen LogP contribution in [-0.4, -0.2) is 41.0 Å². The van der Waals surface area contributed by atoms with Crippen LogP contribution in [0.15, 0.2) is 60.8 Å². The van der Waals surface area contributed by atoms with E-state index >= 15 is 0 Å². The molecule has 0 aliphatic rings. The van der Waals surface area contributed by atoms with Gasteiger partial charge >= 0.3 is 19.8 Å². The number of unbranched alkanes of at least 4 members (excludes halogenated alkanes) is 13. The third kappa shape index (κ3) is 36.6. The van der Waals surface area contributed by atoms with Crippen LogP contribution in [0, 0.1) is 0 Å². The molecule has 0 spiro atoms. The van der Waals surface area contributed by atoms with Crippen LogP contribution in [0.1, 0.15) is 155 Å². The monoisotopic (exact) mass is 694 g/mol. The van der Waals surface area contributed by atoms with E-state index in [1.807, 2.05) is 6.08 Å². The smallest absolute Gasteiger partial charge is 0.462 e. The first-order chi connectivity index (χ1) is 23.3. The Labute approximate surface area is 292 Å². The molecule has 0 rings (SSSR count). The second-order valence-corrected chi connectivity index (χ2v) is 13.4. The standard InChI is InChI=1S/C39H67O8P/c1-3-5-7-9-11-13-15-17-19-21-23-25-27-29-31-33-38(40)45-35-37(36-46-48(42,43)44)47-39(41)34-32-30-28-26-24-22-20-18-16-14-12-10-8-6-4-2/h6,8,12,14,18,20,24,26-27,29,37H,3-5,7,9-11,13,15-17,19,21-23,25,28,30-36H2,1-2H3,(H2,42,43,44)/b8-6+,14-12+,20-18+,26-24+,29-27+/t37-/m1/s1. The summed E-state index contributed by atoms with van der Waals surface area (Å²) in [4.78, 5) is 42.6. The van der Waals surface area contributed by atoms with Crippen molar-refractivity contribution in [3.05, 3.63) is 60.8 Å².